The second kappa shape index (κ2) is 8.08. The third-order valence-electron chi connectivity index (χ3n) is 10.5. The van der Waals surface area contributed by atoms with Crippen LogP contribution in [0.2, 0.25) is 0 Å². The summed E-state index contributed by atoms with van der Waals surface area (Å²) in [6, 6.07) is 2.10. The first-order valence-corrected chi connectivity index (χ1v) is 13.0. The molecule has 1 N–H and O–H groups in total. The van der Waals surface area contributed by atoms with E-state index in [9.17, 15) is 9.90 Å². The summed E-state index contributed by atoms with van der Waals surface area (Å²) in [5, 5.41) is 24.1. The van der Waals surface area contributed by atoms with Gasteiger partial charge in [-0.05, 0) is 93.3 Å². The van der Waals surface area contributed by atoms with Gasteiger partial charge in [-0.3, -0.25) is 9.48 Å². The molecule has 0 spiro atoms. The van der Waals surface area contributed by atoms with Crippen LogP contribution in [0.4, 0.5) is 0 Å². The zero-order chi connectivity index (χ0) is 23.4. The number of ketones is 1. The number of carbonyl (C=O) groups excluding carboxylic acids is 1. The standard InChI is InChI=1S/C28H39N3O2/c1-26(33)11-9-20-7-8-21-22-5-4-6-24(25(32)18-31-17-19(15-29)16-30-31)28(22,3)12-10-23(21)27(20,2)14-13-26/h7,16-17,21-24,33H,4-6,8-14,18H2,1-3H3/t21-,22-,23-,24+,26-,27-,28-/m0/s1. The minimum atomic E-state index is -0.542. The van der Waals surface area contributed by atoms with Crippen molar-refractivity contribution in [2.24, 2.45) is 34.5 Å². The Morgan fingerprint density at radius 2 is 2.00 bits per heavy atom. The van der Waals surface area contributed by atoms with Crippen molar-refractivity contribution in [1.82, 2.24) is 9.78 Å². The van der Waals surface area contributed by atoms with E-state index in [4.69, 9.17) is 5.26 Å². The number of rotatable bonds is 3. The Morgan fingerprint density at radius 1 is 1.18 bits per heavy atom. The van der Waals surface area contributed by atoms with Gasteiger partial charge in [-0.2, -0.15) is 10.4 Å². The normalized spacial score (nSPS) is 42.7. The molecule has 178 valence electrons. The Hall–Kier alpha value is -1.93. The molecular formula is C28H39N3O2. The molecule has 0 amide bonds. The SMILES string of the molecule is C[C@]1(O)CCC2=CC[C@H]3[C@@H]4CCC[C@H](C(=O)Cn5cc(C#N)cn5)[C@@]4(C)CC[C@@H]3[C@@]2(C)CC1. The van der Waals surface area contributed by atoms with Gasteiger partial charge < -0.3 is 5.11 Å². The molecule has 0 aliphatic heterocycles. The molecule has 0 unspecified atom stereocenters. The van der Waals surface area contributed by atoms with Crippen LogP contribution in [0.5, 0.6) is 0 Å². The van der Waals surface area contributed by atoms with E-state index in [2.05, 4.69) is 31.1 Å². The molecule has 5 nitrogen and oxygen atoms in total. The molecule has 4 aliphatic carbocycles. The highest BCUT2D eigenvalue weighted by molar-refractivity contribution is 5.81. The molecule has 1 heterocycles. The average molecular weight is 450 g/mol. The van der Waals surface area contributed by atoms with Crippen molar-refractivity contribution < 1.29 is 9.90 Å². The first kappa shape index (κ1) is 22.8. The van der Waals surface area contributed by atoms with E-state index >= 15 is 0 Å². The van der Waals surface area contributed by atoms with Crippen LogP contribution in [-0.2, 0) is 11.3 Å². The van der Waals surface area contributed by atoms with Crippen LogP contribution in [0.1, 0.15) is 90.5 Å². The zero-order valence-electron chi connectivity index (χ0n) is 20.5. The minimum Gasteiger partial charge on any atom is -0.390 e. The maximum Gasteiger partial charge on any atom is 0.157 e. The molecule has 1 aromatic rings. The fourth-order valence-electron chi connectivity index (χ4n) is 8.45. The molecule has 0 saturated heterocycles. The lowest BCUT2D eigenvalue weighted by Crippen LogP contribution is -2.54. The van der Waals surface area contributed by atoms with Crippen LogP contribution in [0.15, 0.2) is 24.0 Å². The third-order valence-corrected chi connectivity index (χ3v) is 10.5. The smallest absolute Gasteiger partial charge is 0.157 e. The molecule has 0 aromatic carbocycles. The summed E-state index contributed by atoms with van der Waals surface area (Å²) in [7, 11) is 0. The van der Waals surface area contributed by atoms with Gasteiger partial charge in [0, 0.05) is 12.1 Å². The van der Waals surface area contributed by atoms with Crippen molar-refractivity contribution in [3.8, 4) is 6.07 Å². The maximum absolute atomic E-state index is 13.5. The van der Waals surface area contributed by atoms with Crippen molar-refractivity contribution in [1.29, 1.82) is 5.26 Å². The number of aliphatic hydroxyl groups is 1. The molecule has 5 heteroatoms. The van der Waals surface area contributed by atoms with Crippen molar-refractivity contribution in [3.05, 3.63) is 29.6 Å². The molecule has 7 atom stereocenters. The maximum atomic E-state index is 13.5. The van der Waals surface area contributed by atoms with E-state index in [1.165, 1.54) is 12.8 Å². The number of nitriles is 1. The summed E-state index contributed by atoms with van der Waals surface area (Å²) >= 11 is 0. The summed E-state index contributed by atoms with van der Waals surface area (Å²) in [6.07, 6.45) is 16.5. The fourth-order valence-corrected chi connectivity index (χ4v) is 8.45. The first-order chi connectivity index (χ1) is 15.7. The lowest BCUT2D eigenvalue weighted by Gasteiger charge is -2.60. The zero-order valence-corrected chi connectivity index (χ0v) is 20.5. The Kier molecular flexibility index (Phi) is 5.59. The minimum absolute atomic E-state index is 0.0552. The summed E-state index contributed by atoms with van der Waals surface area (Å²) in [4.78, 5) is 13.5. The molecule has 0 radical (unpaired) electrons. The quantitative estimate of drug-likeness (QED) is 0.624. The molecule has 0 bridgehead atoms. The first-order valence-electron chi connectivity index (χ1n) is 13.0. The number of carbonyl (C=O) groups is 1. The molecule has 33 heavy (non-hydrogen) atoms. The van der Waals surface area contributed by atoms with Gasteiger partial charge in [0.15, 0.2) is 5.78 Å². The van der Waals surface area contributed by atoms with Gasteiger partial charge in [0.2, 0.25) is 0 Å². The number of aromatic nitrogens is 2. The summed E-state index contributed by atoms with van der Waals surface area (Å²) < 4.78 is 1.65. The topological polar surface area (TPSA) is 78.9 Å². The van der Waals surface area contributed by atoms with Crippen LogP contribution in [0, 0.1) is 45.8 Å². The highest BCUT2D eigenvalue weighted by Crippen LogP contribution is 2.65. The summed E-state index contributed by atoms with van der Waals surface area (Å²) in [6.45, 7) is 7.17. The van der Waals surface area contributed by atoms with Crippen LogP contribution < -0.4 is 0 Å². The number of hydrogen-bond donors (Lipinski definition) is 1. The van der Waals surface area contributed by atoms with Gasteiger partial charge >= 0.3 is 0 Å². The van der Waals surface area contributed by atoms with Gasteiger partial charge in [-0.1, -0.05) is 31.9 Å². The van der Waals surface area contributed by atoms with E-state index in [1.807, 2.05) is 6.92 Å². The number of allylic oxidation sites excluding steroid dienone is 2. The molecular weight excluding hydrogens is 410 g/mol. The summed E-state index contributed by atoms with van der Waals surface area (Å²) in [5.41, 5.74) is 1.82. The molecule has 3 saturated carbocycles. The lowest BCUT2D eigenvalue weighted by molar-refractivity contribution is -0.141. The van der Waals surface area contributed by atoms with E-state index in [0.717, 1.165) is 51.4 Å². The second-order valence-corrected chi connectivity index (χ2v) is 12.3. The van der Waals surface area contributed by atoms with E-state index < -0.39 is 5.60 Å². The lowest BCUT2D eigenvalue weighted by atomic mass is 9.44. The highest BCUT2D eigenvalue weighted by atomic mass is 16.3. The van der Waals surface area contributed by atoms with Gasteiger partial charge in [-0.15, -0.1) is 0 Å². The third kappa shape index (κ3) is 3.79. The van der Waals surface area contributed by atoms with Gasteiger partial charge in [0.25, 0.3) is 0 Å². The molecule has 1 aromatic heterocycles. The van der Waals surface area contributed by atoms with Gasteiger partial charge in [0.1, 0.15) is 6.07 Å². The number of hydrogen-bond acceptors (Lipinski definition) is 4. The van der Waals surface area contributed by atoms with Crippen LogP contribution in [0.3, 0.4) is 0 Å². The Morgan fingerprint density at radius 3 is 2.76 bits per heavy atom. The van der Waals surface area contributed by atoms with E-state index in [0.29, 0.717) is 23.3 Å². The van der Waals surface area contributed by atoms with Crippen molar-refractivity contribution in [2.75, 3.05) is 0 Å². The Bertz CT molecular complexity index is 1000. The number of Topliss-reactive ketones (excluding diaryl/α,β-unsaturated/α-hetero) is 1. The van der Waals surface area contributed by atoms with E-state index in [1.54, 1.807) is 22.6 Å². The largest absolute Gasteiger partial charge is 0.390 e. The second-order valence-electron chi connectivity index (χ2n) is 12.3. The molecule has 4 aliphatic rings. The molecule has 3 fully saturated rings. The summed E-state index contributed by atoms with van der Waals surface area (Å²) in [5.74, 6) is 2.27. The number of nitrogens with zero attached hydrogens (tertiary/aromatic N) is 3. The monoisotopic (exact) mass is 449 g/mol. The van der Waals surface area contributed by atoms with Gasteiger partial charge in [0.05, 0.1) is 23.9 Å². The fraction of sp³-hybridized carbons (Fsp3) is 0.750. The molecule has 5 rings (SSSR count). The Balaban J connectivity index is 1.39. The van der Waals surface area contributed by atoms with Crippen molar-refractivity contribution >= 4 is 5.78 Å². The number of fused-ring (bicyclic) bond motifs is 5. The average Bonchev–Trinajstić information content (AvgIpc) is 3.19. The van der Waals surface area contributed by atoms with Crippen LogP contribution in [0.25, 0.3) is 0 Å². The Labute approximate surface area is 198 Å². The van der Waals surface area contributed by atoms with E-state index in [-0.39, 0.29) is 29.1 Å². The van der Waals surface area contributed by atoms with Crippen molar-refractivity contribution in [2.45, 2.75) is 97.1 Å². The van der Waals surface area contributed by atoms with Gasteiger partial charge in [-0.25, -0.2) is 0 Å². The van der Waals surface area contributed by atoms with Crippen LogP contribution >= 0.6 is 0 Å². The van der Waals surface area contributed by atoms with Crippen molar-refractivity contribution in [3.63, 3.8) is 0 Å². The predicted molar refractivity (Wildman–Crippen MR) is 127 cm³/mol. The van der Waals surface area contributed by atoms with Crippen LogP contribution in [-0.4, -0.2) is 26.3 Å². The predicted octanol–water partition coefficient (Wildman–Crippen LogP) is 5.43. The highest BCUT2D eigenvalue weighted by Gasteiger charge is 2.58.